The van der Waals surface area contributed by atoms with Gasteiger partial charge in [-0.1, -0.05) is 67.3 Å². The third kappa shape index (κ3) is 8.16. The predicted molar refractivity (Wildman–Crippen MR) is 170 cm³/mol. The minimum atomic E-state index is -4.13. The lowest BCUT2D eigenvalue weighted by Crippen LogP contribution is -2.53. The molecule has 1 unspecified atom stereocenters. The number of carbonyl (C=O) groups is 2. The Morgan fingerprint density at radius 1 is 0.930 bits per heavy atom. The number of aryl methyl sites for hydroxylation is 2. The lowest BCUT2D eigenvalue weighted by Gasteiger charge is -2.34. The fourth-order valence-corrected chi connectivity index (χ4v) is 6.95. The van der Waals surface area contributed by atoms with Gasteiger partial charge in [0.05, 0.1) is 17.2 Å². The Kier molecular flexibility index (Phi) is 10.9. The van der Waals surface area contributed by atoms with E-state index in [-0.39, 0.29) is 23.4 Å². The van der Waals surface area contributed by atoms with Crippen LogP contribution in [0.25, 0.3) is 0 Å². The highest BCUT2D eigenvalue weighted by Gasteiger charge is 2.34. The summed E-state index contributed by atoms with van der Waals surface area (Å²) in [4.78, 5) is 29.5. The number of benzene rings is 3. The van der Waals surface area contributed by atoms with Crippen molar-refractivity contribution in [3.8, 4) is 5.75 Å². The molecule has 8 nitrogen and oxygen atoms in total. The molecule has 1 saturated carbocycles. The minimum Gasteiger partial charge on any atom is -0.494 e. The quantitative estimate of drug-likeness (QED) is 0.267. The summed E-state index contributed by atoms with van der Waals surface area (Å²) >= 11 is 0. The summed E-state index contributed by atoms with van der Waals surface area (Å²) in [5, 5.41) is 3.15. The standard InChI is InChI=1S/C34H43N3O5S/c1-5-32(34(39)35-28-12-7-8-13-28)36(23-27-11-9-10-26(4)22-27)33(38)24-37(29-16-18-30(19-17-29)42-6-2)43(40,41)31-20-14-25(3)15-21-31/h9-11,14-22,28,32H,5-8,12-13,23-24H2,1-4H3,(H,35,39). The second-order valence-corrected chi connectivity index (χ2v) is 13.0. The maximum absolute atomic E-state index is 14.3. The molecule has 0 spiro atoms. The average Bonchev–Trinajstić information content (AvgIpc) is 3.49. The number of sulfonamides is 1. The molecule has 3 aromatic rings. The van der Waals surface area contributed by atoms with Crippen molar-refractivity contribution in [2.24, 2.45) is 0 Å². The van der Waals surface area contributed by atoms with Crippen LogP contribution in [0.3, 0.4) is 0 Å². The van der Waals surface area contributed by atoms with Gasteiger partial charge in [-0.15, -0.1) is 0 Å². The van der Waals surface area contributed by atoms with Crippen LogP contribution in [-0.2, 0) is 26.2 Å². The van der Waals surface area contributed by atoms with Crippen LogP contribution in [0, 0.1) is 13.8 Å². The van der Waals surface area contributed by atoms with Crippen LogP contribution in [-0.4, -0.2) is 50.4 Å². The molecule has 230 valence electrons. The summed E-state index contributed by atoms with van der Waals surface area (Å²) in [5.41, 5.74) is 3.16. The topological polar surface area (TPSA) is 96.0 Å². The zero-order valence-electron chi connectivity index (χ0n) is 25.6. The first kappa shape index (κ1) is 32.1. The molecule has 0 aromatic heterocycles. The molecular formula is C34H43N3O5S. The Balaban J connectivity index is 1.71. The molecule has 2 amide bonds. The maximum Gasteiger partial charge on any atom is 0.264 e. The van der Waals surface area contributed by atoms with Crippen LogP contribution < -0.4 is 14.4 Å². The molecule has 1 aliphatic carbocycles. The number of hydrogen-bond donors (Lipinski definition) is 1. The van der Waals surface area contributed by atoms with E-state index in [9.17, 15) is 18.0 Å². The second-order valence-electron chi connectivity index (χ2n) is 11.2. The van der Waals surface area contributed by atoms with Gasteiger partial charge < -0.3 is 15.0 Å². The zero-order valence-corrected chi connectivity index (χ0v) is 26.4. The van der Waals surface area contributed by atoms with E-state index in [1.807, 2.05) is 52.0 Å². The first-order valence-electron chi connectivity index (χ1n) is 15.1. The highest BCUT2D eigenvalue weighted by Crippen LogP contribution is 2.27. The van der Waals surface area contributed by atoms with Crippen LogP contribution >= 0.6 is 0 Å². The number of hydrogen-bond acceptors (Lipinski definition) is 5. The molecule has 0 radical (unpaired) electrons. The largest absolute Gasteiger partial charge is 0.494 e. The Morgan fingerprint density at radius 2 is 1.60 bits per heavy atom. The van der Waals surface area contributed by atoms with E-state index >= 15 is 0 Å². The van der Waals surface area contributed by atoms with E-state index in [1.165, 1.54) is 4.90 Å². The number of amides is 2. The Morgan fingerprint density at radius 3 is 2.21 bits per heavy atom. The summed E-state index contributed by atoms with van der Waals surface area (Å²) in [6.07, 6.45) is 4.38. The zero-order chi connectivity index (χ0) is 31.0. The number of nitrogens with zero attached hydrogens (tertiary/aromatic N) is 2. The number of carbonyl (C=O) groups excluding carboxylic acids is 2. The first-order valence-corrected chi connectivity index (χ1v) is 16.5. The molecule has 0 saturated heterocycles. The molecule has 0 heterocycles. The van der Waals surface area contributed by atoms with Crippen LogP contribution in [0.2, 0.25) is 0 Å². The Labute approximate surface area is 256 Å². The Hall–Kier alpha value is -3.85. The van der Waals surface area contributed by atoms with Gasteiger partial charge in [0.1, 0.15) is 18.3 Å². The van der Waals surface area contributed by atoms with E-state index in [2.05, 4.69) is 5.32 Å². The number of anilines is 1. The van der Waals surface area contributed by atoms with Crippen LogP contribution in [0.4, 0.5) is 5.69 Å². The van der Waals surface area contributed by atoms with Crippen molar-refractivity contribution in [2.75, 3.05) is 17.5 Å². The van der Waals surface area contributed by atoms with E-state index in [4.69, 9.17) is 4.74 Å². The van der Waals surface area contributed by atoms with Gasteiger partial charge >= 0.3 is 0 Å². The fraction of sp³-hybridized carbons (Fsp3) is 0.412. The van der Waals surface area contributed by atoms with E-state index < -0.39 is 28.5 Å². The molecule has 3 aromatic carbocycles. The normalized spacial score (nSPS) is 14.2. The van der Waals surface area contributed by atoms with Crippen LogP contribution in [0.5, 0.6) is 5.75 Å². The van der Waals surface area contributed by atoms with Gasteiger partial charge in [-0.25, -0.2) is 8.42 Å². The first-order chi connectivity index (χ1) is 20.6. The smallest absolute Gasteiger partial charge is 0.264 e. The molecule has 0 bridgehead atoms. The fourth-order valence-electron chi connectivity index (χ4n) is 5.54. The third-order valence-corrected chi connectivity index (χ3v) is 9.63. The van der Waals surface area contributed by atoms with Crippen molar-refractivity contribution in [3.05, 3.63) is 89.5 Å². The Bertz CT molecular complexity index is 1480. The van der Waals surface area contributed by atoms with Gasteiger partial charge in [0, 0.05) is 12.6 Å². The molecule has 4 rings (SSSR count). The van der Waals surface area contributed by atoms with Gasteiger partial charge in [0.15, 0.2) is 0 Å². The minimum absolute atomic E-state index is 0.0797. The summed E-state index contributed by atoms with van der Waals surface area (Å²) in [6, 6.07) is 20.3. The molecule has 9 heteroatoms. The van der Waals surface area contributed by atoms with Gasteiger partial charge in [-0.3, -0.25) is 13.9 Å². The monoisotopic (exact) mass is 605 g/mol. The summed E-state index contributed by atoms with van der Waals surface area (Å²) in [5.74, 6) is -0.0649. The molecule has 1 fully saturated rings. The van der Waals surface area contributed by atoms with Crippen molar-refractivity contribution >= 4 is 27.5 Å². The van der Waals surface area contributed by atoms with Crippen molar-refractivity contribution in [1.82, 2.24) is 10.2 Å². The SMILES string of the molecule is CCOc1ccc(N(CC(=O)N(Cc2cccc(C)c2)C(CC)C(=O)NC2CCCC2)S(=O)(=O)c2ccc(C)cc2)cc1. The molecule has 1 N–H and O–H groups in total. The highest BCUT2D eigenvalue weighted by molar-refractivity contribution is 7.92. The van der Waals surface area contributed by atoms with Crippen LogP contribution in [0.1, 0.15) is 62.6 Å². The summed E-state index contributed by atoms with van der Waals surface area (Å²) in [7, 11) is -4.13. The van der Waals surface area contributed by atoms with Crippen molar-refractivity contribution in [1.29, 1.82) is 0 Å². The third-order valence-electron chi connectivity index (χ3n) is 7.85. The molecule has 1 aliphatic rings. The molecule has 0 aliphatic heterocycles. The molecule has 1 atom stereocenters. The van der Waals surface area contributed by atoms with Crippen LogP contribution in [0.15, 0.2) is 77.7 Å². The average molecular weight is 606 g/mol. The second kappa shape index (κ2) is 14.6. The predicted octanol–water partition coefficient (Wildman–Crippen LogP) is 5.76. The van der Waals surface area contributed by atoms with Gasteiger partial charge in [0.25, 0.3) is 10.0 Å². The number of rotatable bonds is 13. The molecule has 43 heavy (non-hydrogen) atoms. The summed E-state index contributed by atoms with van der Waals surface area (Å²) < 4.78 is 34.8. The maximum atomic E-state index is 14.3. The highest BCUT2D eigenvalue weighted by atomic mass is 32.2. The van der Waals surface area contributed by atoms with Gasteiger partial charge in [0.2, 0.25) is 11.8 Å². The summed E-state index contributed by atoms with van der Waals surface area (Å²) in [6.45, 7) is 7.79. The number of nitrogens with one attached hydrogen (secondary N) is 1. The van der Waals surface area contributed by atoms with E-state index in [0.717, 1.165) is 46.7 Å². The lowest BCUT2D eigenvalue weighted by molar-refractivity contribution is -0.140. The lowest BCUT2D eigenvalue weighted by atomic mass is 10.1. The van der Waals surface area contributed by atoms with Gasteiger partial charge in [-0.05, 0) is 82.0 Å². The number of ether oxygens (including phenoxy) is 1. The van der Waals surface area contributed by atoms with E-state index in [0.29, 0.717) is 24.5 Å². The van der Waals surface area contributed by atoms with Crippen molar-refractivity contribution < 1.29 is 22.7 Å². The van der Waals surface area contributed by atoms with Crippen molar-refractivity contribution in [3.63, 3.8) is 0 Å². The van der Waals surface area contributed by atoms with Gasteiger partial charge in [-0.2, -0.15) is 0 Å². The van der Waals surface area contributed by atoms with E-state index in [1.54, 1.807) is 48.5 Å². The van der Waals surface area contributed by atoms with Crippen molar-refractivity contribution in [2.45, 2.75) is 83.3 Å². The molecular weight excluding hydrogens is 562 g/mol.